The smallest absolute Gasteiger partial charge is 0.270 e. The summed E-state index contributed by atoms with van der Waals surface area (Å²) in [7, 11) is 0. The van der Waals surface area contributed by atoms with E-state index in [1.807, 2.05) is 6.07 Å². The summed E-state index contributed by atoms with van der Waals surface area (Å²) in [4.78, 5) is 19.9. The van der Waals surface area contributed by atoms with Gasteiger partial charge in [-0.25, -0.2) is 4.98 Å². The third-order valence-electron chi connectivity index (χ3n) is 5.31. The van der Waals surface area contributed by atoms with Gasteiger partial charge < -0.3 is 10.6 Å². The van der Waals surface area contributed by atoms with Crippen molar-refractivity contribution in [1.82, 2.24) is 4.98 Å². The topological polar surface area (TPSA) is 92.5 Å². The van der Waals surface area contributed by atoms with Gasteiger partial charge in [-0.15, -0.1) is 0 Å². The zero-order valence-electron chi connectivity index (χ0n) is 17.6. The summed E-state index contributed by atoms with van der Waals surface area (Å²) in [5.74, 6) is 0.954. The molecule has 1 aliphatic heterocycles. The molecule has 0 aliphatic carbocycles. The Balaban J connectivity index is 1.14. The first kappa shape index (κ1) is 21.4. The Bertz CT molecular complexity index is 1310. The van der Waals surface area contributed by atoms with Crippen LogP contribution in [-0.2, 0) is 6.42 Å². The highest BCUT2D eigenvalue weighted by atomic mass is 32.2. The quantitative estimate of drug-likeness (QED) is 0.247. The number of aromatic nitrogens is 1. The second-order valence-corrected chi connectivity index (χ2v) is 9.64. The molecule has 4 aromatic rings. The highest BCUT2D eigenvalue weighted by molar-refractivity contribution is 8.14. The van der Waals surface area contributed by atoms with E-state index < -0.39 is 0 Å². The molecule has 0 saturated heterocycles. The lowest BCUT2D eigenvalue weighted by molar-refractivity contribution is -0.384. The van der Waals surface area contributed by atoms with E-state index in [4.69, 9.17) is 4.99 Å². The van der Waals surface area contributed by atoms with Gasteiger partial charge in [0, 0.05) is 30.1 Å². The van der Waals surface area contributed by atoms with Crippen molar-refractivity contribution in [2.45, 2.75) is 12.5 Å². The number of rotatable bonds is 7. The number of nitrogens with one attached hydrogen (secondary N) is 2. The third-order valence-corrected chi connectivity index (χ3v) is 7.25. The van der Waals surface area contributed by atoms with Crippen LogP contribution in [0.2, 0.25) is 0 Å². The highest BCUT2D eigenvalue weighted by Crippen LogP contribution is 2.31. The summed E-state index contributed by atoms with van der Waals surface area (Å²) in [5.41, 5.74) is 4.35. The number of aliphatic imine (C=N–C) groups is 1. The van der Waals surface area contributed by atoms with Crippen molar-refractivity contribution >= 4 is 55.0 Å². The van der Waals surface area contributed by atoms with E-state index in [-0.39, 0.29) is 16.7 Å². The number of nitrogens with zero attached hydrogens (tertiary/aromatic N) is 3. The van der Waals surface area contributed by atoms with Crippen molar-refractivity contribution in [2.24, 2.45) is 4.99 Å². The number of hydrogen-bond donors (Lipinski definition) is 2. The van der Waals surface area contributed by atoms with Crippen molar-refractivity contribution in [3.8, 4) is 0 Å². The fourth-order valence-corrected chi connectivity index (χ4v) is 5.48. The van der Waals surface area contributed by atoms with Gasteiger partial charge in [-0.05, 0) is 35.7 Å². The Kier molecular flexibility index (Phi) is 6.23. The molecule has 1 aromatic heterocycles. The van der Waals surface area contributed by atoms with Gasteiger partial charge in [-0.1, -0.05) is 65.6 Å². The van der Waals surface area contributed by atoms with E-state index >= 15 is 0 Å². The van der Waals surface area contributed by atoms with Gasteiger partial charge in [-0.3, -0.25) is 15.1 Å². The van der Waals surface area contributed by atoms with E-state index in [0.29, 0.717) is 0 Å². The number of nitro groups is 1. The predicted molar refractivity (Wildman–Crippen MR) is 138 cm³/mol. The SMILES string of the molecule is O=[N+]([O-])c1ccc2nc(NCCc3ccc(NC4=N[C@@H](c5ccccc5)CS4)cc3)sc2c1. The molecule has 0 unspecified atom stereocenters. The predicted octanol–water partition coefficient (Wildman–Crippen LogP) is 6.12. The molecule has 0 bridgehead atoms. The molecule has 2 heterocycles. The van der Waals surface area contributed by atoms with Gasteiger partial charge >= 0.3 is 0 Å². The molecule has 0 amide bonds. The average molecular weight is 476 g/mol. The van der Waals surface area contributed by atoms with E-state index in [9.17, 15) is 10.1 Å². The van der Waals surface area contributed by atoms with Gasteiger partial charge in [0.25, 0.3) is 5.69 Å². The number of non-ortho nitro benzene ring substituents is 1. The number of thiazole rings is 1. The Morgan fingerprint density at radius 3 is 2.67 bits per heavy atom. The van der Waals surface area contributed by atoms with Crippen LogP contribution in [0.15, 0.2) is 77.8 Å². The molecule has 0 saturated carbocycles. The molecule has 1 atom stereocenters. The second-order valence-electron chi connectivity index (χ2n) is 7.60. The van der Waals surface area contributed by atoms with E-state index in [2.05, 4.69) is 64.1 Å². The van der Waals surface area contributed by atoms with Gasteiger partial charge in [0.2, 0.25) is 0 Å². The highest BCUT2D eigenvalue weighted by Gasteiger charge is 2.19. The lowest BCUT2D eigenvalue weighted by atomic mass is 10.1. The van der Waals surface area contributed by atoms with Crippen LogP contribution in [0.25, 0.3) is 10.2 Å². The fraction of sp³-hybridized carbons (Fsp3) is 0.167. The van der Waals surface area contributed by atoms with Gasteiger partial charge in [0.1, 0.15) is 0 Å². The number of anilines is 2. The Morgan fingerprint density at radius 2 is 1.88 bits per heavy atom. The normalized spacial score (nSPS) is 15.4. The summed E-state index contributed by atoms with van der Waals surface area (Å²) >= 11 is 3.18. The van der Waals surface area contributed by atoms with Crippen molar-refractivity contribution in [2.75, 3.05) is 22.9 Å². The minimum absolute atomic E-state index is 0.0870. The molecule has 7 nitrogen and oxygen atoms in total. The number of amidine groups is 1. The molecule has 0 fully saturated rings. The summed E-state index contributed by atoms with van der Waals surface area (Å²) in [6.45, 7) is 0.732. The largest absolute Gasteiger partial charge is 0.361 e. The van der Waals surface area contributed by atoms with E-state index in [1.165, 1.54) is 28.5 Å². The van der Waals surface area contributed by atoms with Crippen LogP contribution in [0.5, 0.6) is 0 Å². The minimum atomic E-state index is -0.385. The Morgan fingerprint density at radius 1 is 1.06 bits per heavy atom. The van der Waals surface area contributed by atoms with Crippen LogP contribution < -0.4 is 10.6 Å². The fourth-order valence-electron chi connectivity index (χ4n) is 3.58. The molecule has 2 N–H and O–H groups in total. The lowest BCUT2D eigenvalue weighted by Crippen LogP contribution is -2.06. The van der Waals surface area contributed by atoms with Crippen LogP contribution in [-0.4, -0.2) is 27.4 Å². The molecule has 9 heteroatoms. The number of nitro benzene ring substituents is 1. The molecular formula is C24H21N5O2S2. The average Bonchev–Trinajstić information content (AvgIpc) is 3.47. The number of thioether (sulfide) groups is 1. The molecule has 0 radical (unpaired) electrons. The zero-order valence-corrected chi connectivity index (χ0v) is 19.2. The molecule has 33 heavy (non-hydrogen) atoms. The molecule has 166 valence electrons. The zero-order chi connectivity index (χ0) is 22.6. The summed E-state index contributed by atoms with van der Waals surface area (Å²) in [6.07, 6.45) is 0.849. The number of benzene rings is 3. The Hall–Kier alpha value is -3.43. The van der Waals surface area contributed by atoms with Crippen molar-refractivity contribution in [1.29, 1.82) is 0 Å². The van der Waals surface area contributed by atoms with E-state index in [1.54, 1.807) is 23.9 Å². The molecule has 3 aromatic carbocycles. The first-order valence-electron chi connectivity index (χ1n) is 10.5. The van der Waals surface area contributed by atoms with Crippen LogP contribution >= 0.6 is 23.1 Å². The molecule has 5 rings (SSSR count). The molecule has 1 aliphatic rings. The maximum atomic E-state index is 10.9. The Labute approximate surface area is 199 Å². The van der Waals surface area contributed by atoms with Crippen LogP contribution in [0.4, 0.5) is 16.5 Å². The summed E-state index contributed by atoms with van der Waals surface area (Å²) < 4.78 is 0.810. The van der Waals surface area contributed by atoms with Crippen LogP contribution in [0, 0.1) is 10.1 Å². The van der Waals surface area contributed by atoms with Gasteiger partial charge in [-0.2, -0.15) is 0 Å². The molecular weight excluding hydrogens is 454 g/mol. The van der Waals surface area contributed by atoms with Crippen molar-refractivity contribution in [3.05, 3.63) is 94.0 Å². The monoisotopic (exact) mass is 475 g/mol. The minimum Gasteiger partial charge on any atom is -0.361 e. The second kappa shape index (κ2) is 9.60. The summed E-state index contributed by atoms with van der Waals surface area (Å²) in [6, 6.07) is 23.7. The van der Waals surface area contributed by atoms with Gasteiger partial charge in [0.15, 0.2) is 10.3 Å². The van der Waals surface area contributed by atoms with Crippen LogP contribution in [0.3, 0.4) is 0 Å². The van der Waals surface area contributed by atoms with Crippen LogP contribution in [0.1, 0.15) is 17.2 Å². The molecule has 0 spiro atoms. The first-order chi connectivity index (χ1) is 16.1. The lowest BCUT2D eigenvalue weighted by Gasteiger charge is -2.07. The summed E-state index contributed by atoms with van der Waals surface area (Å²) in [5, 5.41) is 19.4. The number of fused-ring (bicyclic) bond motifs is 1. The first-order valence-corrected chi connectivity index (χ1v) is 12.3. The standard InChI is InChI=1S/C24H21N5O2S2/c30-29(31)19-10-11-20-22(14-19)33-23(27-20)25-13-12-16-6-8-18(9-7-16)26-24-28-21(15-32-24)17-4-2-1-3-5-17/h1-11,14,21H,12-13,15H2,(H,25,27)(H,26,28)/t21-/m1/s1. The number of hydrogen-bond acceptors (Lipinski definition) is 8. The third kappa shape index (κ3) is 5.15. The van der Waals surface area contributed by atoms with Crippen molar-refractivity contribution < 1.29 is 4.92 Å². The van der Waals surface area contributed by atoms with E-state index in [0.717, 1.165) is 44.9 Å². The maximum Gasteiger partial charge on any atom is 0.270 e. The maximum absolute atomic E-state index is 10.9. The van der Waals surface area contributed by atoms with Gasteiger partial charge in [0.05, 0.1) is 21.2 Å². The van der Waals surface area contributed by atoms with Crippen molar-refractivity contribution in [3.63, 3.8) is 0 Å².